The van der Waals surface area contributed by atoms with Crippen LogP contribution in [0.3, 0.4) is 0 Å². The average molecular weight is 535 g/mol. The minimum Gasteiger partial charge on any atom is -0.457 e. The van der Waals surface area contributed by atoms with E-state index in [1.54, 1.807) is 19.1 Å². The number of carbonyl (C=O) groups is 2. The van der Waals surface area contributed by atoms with Gasteiger partial charge >= 0.3 is 0 Å². The molecule has 0 aliphatic heterocycles. The maximum absolute atomic E-state index is 14.6. The molecule has 194 valence electrons. The molecule has 2 N–H and O–H groups in total. The molecule has 1 atom stereocenters. The summed E-state index contributed by atoms with van der Waals surface area (Å²) in [4.78, 5) is 29.2. The Morgan fingerprint density at radius 2 is 1.92 bits per heavy atom. The Hall–Kier alpha value is -4.24. The van der Waals surface area contributed by atoms with Crippen molar-refractivity contribution in [2.24, 2.45) is 0 Å². The van der Waals surface area contributed by atoms with E-state index in [1.165, 1.54) is 37.0 Å². The van der Waals surface area contributed by atoms with Crippen LogP contribution < -0.4 is 15.4 Å². The van der Waals surface area contributed by atoms with E-state index in [9.17, 15) is 14.0 Å². The van der Waals surface area contributed by atoms with E-state index in [0.717, 1.165) is 18.4 Å². The quantitative estimate of drug-likeness (QED) is 0.349. The zero-order valence-corrected chi connectivity index (χ0v) is 21.4. The summed E-state index contributed by atoms with van der Waals surface area (Å²) in [6.45, 7) is 1.61. The molecule has 10 heteroatoms. The first-order valence-electron chi connectivity index (χ1n) is 12.0. The van der Waals surface area contributed by atoms with Crippen LogP contribution in [0.5, 0.6) is 11.5 Å². The molecule has 1 aliphatic rings. The van der Waals surface area contributed by atoms with E-state index < -0.39 is 11.7 Å². The number of carbonyl (C=O) groups excluding carboxylic acids is 2. The van der Waals surface area contributed by atoms with E-state index in [-0.39, 0.29) is 45.2 Å². The molecule has 2 aromatic heterocycles. The Morgan fingerprint density at radius 3 is 2.71 bits per heavy atom. The number of halogens is 2. The van der Waals surface area contributed by atoms with Crippen molar-refractivity contribution in [1.82, 2.24) is 20.8 Å². The molecule has 0 spiro atoms. The fourth-order valence-corrected chi connectivity index (χ4v) is 4.83. The van der Waals surface area contributed by atoms with Crippen LogP contribution in [0.4, 0.5) is 4.39 Å². The molecule has 0 radical (unpaired) electrons. The SMILES string of the molecule is CNC(=O)c1cc(Oc2ccc3c(c2)CC(NC(=O)c2c(-c4c(F)cccc4Cl)noc2C)CC3)ccn1. The van der Waals surface area contributed by atoms with Gasteiger partial charge in [-0.1, -0.05) is 28.9 Å². The summed E-state index contributed by atoms with van der Waals surface area (Å²) in [5.74, 6) is 0.0748. The van der Waals surface area contributed by atoms with Gasteiger partial charge in [0.1, 0.15) is 40.0 Å². The molecule has 0 fully saturated rings. The number of hydrogen-bond acceptors (Lipinski definition) is 6. The van der Waals surface area contributed by atoms with Crippen LogP contribution in [0.1, 0.15) is 44.2 Å². The molecule has 4 aromatic rings. The average Bonchev–Trinajstić information content (AvgIpc) is 3.29. The molecule has 8 nitrogen and oxygen atoms in total. The number of rotatable bonds is 6. The fraction of sp³-hybridized carbons (Fsp3) is 0.214. The van der Waals surface area contributed by atoms with Crippen LogP contribution in [0, 0.1) is 12.7 Å². The second-order valence-corrected chi connectivity index (χ2v) is 9.37. The van der Waals surface area contributed by atoms with Gasteiger partial charge in [-0.3, -0.25) is 14.6 Å². The Labute approximate surface area is 223 Å². The maximum atomic E-state index is 14.6. The maximum Gasteiger partial charge on any atom is 0.269 e. The third-order valence-corrected chi connectivity index (χ3v) is 6.77. The highest BCUT2D eigenvalue weighted by molar-refractivity contribution is 6.33. The number of pyridine rings is 1. The summed E-state index contributed by atoms with van der Waals surface area (Å²) in [7, 11) is 1.54. The van der Waals surface area contributed by atoms with Crippen molar-refractivity contribution in [3.8, 4) is 22.8 Å². The number of fused-ring (bicyclic) bond motifs is 1. The summed E-state index contributed by atoms with van der Waals surface area (Å²) in [6, 6.07) is 13.2. The van der Waals surface area contributed by atoms with Crippen molar-refractivity contribution in [2.75, 3.05) is 7.05 Å². The van der Waals surface area contributed by atoms with E-state index in [2.05, 4.69) is 20.8 Å². The number of hydrogen-bond donors (Lipinski definition) is 2. The number of nitrogens with one attached hydrogen (secondary N) is 2. The van der Waals surface area contributed by atoms with Crippen molar-refractivity contribution >= 4 is 23.4 Å². The van der Waals surface area contributed by atoms with Crippen LogP contribution in [0.15, 0.2) is 59.3 Å². The second kappa shape index (κ2) is 10.6. The predicted octanol–water partition coefficient (Wildman–Crippen LogP) is 5.28. The Kier molecular flexibility index (Phi) is 7.11. The molecule has 0 bridgehead atoms. The van der Waals surface area contributed by atoms with Crippen molar-refractivity contribution in [2.45, 2.75) is 32.2 Å². The predicted molar refractivity (Wildman–Crippen MR) is 139 cm³/mol. The highest BCUT2D eigenvalue weighted by Gasteiger charge is 2.28. The Balaban J connectivity index is 1.33. The lowest BCUT2D eigenvalue weighted by atomic mass is 9.88. The highest BCUT2D eigenvalue weighted by Crippen LogP contribution is 2.34. The van der Waals surface area contributed by atoms with Crippen LogP contribution in [-0.2, 0) is 12.8 Å². The Bertz CT molecular complexity index is 1520. The summed E-state index contributed by atoms with van der Waals surface area (Å²) < 4.78 is 25.8. The zero-order chi connectivity index (χ0) is 26.8. The number of amides is 2. The van der Waals surface area contributed by atoms with Crippen molar-refractivity contribution in [1.29, 1.82) is 0 Å². The molecular formula is C28H24ClFN4O4. The molecule has 2 amide bonds. The van der Waals surface area contributed by atoms with Crippen LogP contribution in [0.25, 0.3) is 11.3 Å². The zero-order valence-electron chi connectivity index (χ0n) is 20.7. The van der Waals surface area contributed by atoms with Gasteiger partial charge in [-0.05, 0) is 67.6 Å². The van der Waals surface area contributed by atoms with Crippen molar-refractivity contribution in [3.05, 3.63) is 93.7 Å². The summed E-state index contributed by atoms with van der Waals surface area (Å²) in [5, 5.41) is 9.66. The smallest absolute Gasteiger partial charge is 0.269 e. The lowest BCUT2D eigenvalue weighted by molar-refractivity contribution is 0.0930. The third-order valence-electron chi connectivity index (χ3n) is 6.46. The largest absolute Gasteiger partial charge is 0.457 e. The minimum absolute atomic E-state index is 0.0302. The van der Waals surface area contributed by atoms with E-state index >= 15 is 0 Å². The van der Waals surface area contributed by atoms with Gasteiger partial charge in [-0.15, -0.1) is 0 Å². The van der Waals surface area contributed by atoms with E-state index in [1.807, 2.05) is 18.2 Å². The van der Waals surface area contributed by atoms with Gasteiger partial charge < -0.3 is 19.9 Å². The number of aromatic nitrogens is 2. The molecule has 2 heterocycles. The number of nitrogens with zero attached hydrogens (tertiary/aromatic N) is 2. The van der Waals surface area contributed by atoms with Gasteiger partial charge in [0.05, 0.1) is 10.6 Å². The first kappa shape index (κ1) is 25.4. The number of benzene rings is 2. The monoisotopic (exact) mass is 534 g/mol. The number of ether oxygens (including phenoxy) is 1. The van der Waals surface area contributed by atoms with Gasteiger partial charge in [-0.25, -0.2) is 4.39 Å². The second-order valence-electron chi connectivity index (χ2n) is 8.96. The van der Waals surface area contributed by atoms with Gasteiger partial charge in [0.25, 0.3) is 11.8 Å². The molecule has 1 aliphatic carbocycles. The first-order chi connectivity index (χ1) is 18.3. The molecule has 38 heavy (non-hydrogen) atoms. The third kappa shape index (κ3) is 5.10. The molecule has 0 saturated heterocycles. The normalized spacial score (nSPS) is 14.5. The summed E-state index contributed by atoms with van der Waals surface area (Å²) >= 11 is 6.21. The van der Waals surface area contributed by atoms with E-state index in [0.29, 0.717) is 17.9 Å². The van der Waals surface area contributed by atoms with Crippen molar-refractivity contribution < 1.29 is 23.2 Å². The molecule has 2 aromatic carbocycles. The lowest BCUT2D eigenvalue weighted by Crippen LogP contribution is -2.39. The van der Waals surface area contributed by atoms with Gasteiger partial charge in [0, 0.05) is 25.4 Å². The van der Waals surface area contributed by atoms with Crippen LogP contribution >= 0.6 is 11.6 Å². The molecule has 5 rings (SSSR count). The van der Waals surface area contributed by atoms with Crippen LogP contribution in [0.2, 0.25) is 5.02 Å². The molecule has 0 saturated carbocycles. The topological polar surface area (TPSA) is 106 Å². The van der Waals surface area contributed by atoms with Gasteiger partial charge in [-0.2, -0.15) is 0 Å². The fourth-order valence-electron chi connectivity index (χ4n) is 4.57. The standard InChI is InChI=1S/C28H24ClFN4O4/c1-15-24(26(34-38-15)25-21(29)4-3-5-22(25)30)28(36)33-18-8-6-16-7-9-19(13-17(16)12-18)37-20-10-11-32-23(14-20)27(35)31-2/h3-5,7,9-11,13-14,18H,6,8,12H2,1-2H3,(H,31,35)(H,33,36). The number of aryl methyl sites for hydroxylation is 2. The summed E-state index contributed by atoms with van der Waals surface area (Å²) in [6.07, 6.45) is 3.60. The molecule has 1 unspecified atom stereocenters. The minimum atomic E-state index is -0.587. The molecular weight excluding hydrogens is 511 g/mol. The van der Waals surface area contributed by atoms with Crippen molar-refractivity contribution in [3.63, 3.8) is 0 Å². The van der Waals surface area contributed by atoms with Crippen LogP contribution in [-0.4, -0.2) is 35.0 Å². The first-order valence-corrected chi connectivity index (χ1v) is 12.4. The van der Waals surface area contributed by atoms with E-state index in [4.69, 9.17) is 20.9 Å². The highest BCUT2D eigenvalue weighted by atomic mass is 35.5. The van der Waals surface area contributed by atoms with Gasteiger partial charge in [0.2, 0.25) is 0 Å². The lowest BCUT2D eigenvalue weighted by Gasteiger charge is -2.26. The Morgan fingerprint density at radius 1 is 1.11 bits per heavy atom. The van der Waals surface area contributed by atoms with Gasteiger partial charge in [0.15, 0.2) is 0 Å². The summed E-state index contributed by atoms with van der Waals surface area (Å²) in [5.41, 5.74) is 2.73.